The molecule has 1 heterocycles. The predicted molar refractivity (Wildman–Crippen MR) is 94.1 cm³/mol. The van der Waals surface area contributed by atoms with E-state index in [1.807, 2.05) is 31.2 Å². The van der Waals surface area contributed by atoms with Gasteiger partial charge in [0.1, 0.15) is 15.8 Å². The van der Waals surface area contributed by atoms with E-state index in [-0.39, 0.29) is 17.2 Å². The lowest BCUT2D eigenvalue weighted by Crippen LogP contribution is -2.24. The Morgan fingerprint density at radius 1 is 1.17 bits per heavy atom. The Hall–Kier alpha value is -1.68. The molecule has 2 aromatic rings. The van der Waals surface area contributed by atoms with Crippen LogP contribution < -0.4 is 0 Å². The third-order valence-electron chi connectivity index (χ3n) is 4.36. The molecule has 1 aromatic heterocycles. The summed E-state index contributed by atoms with van der Waals surface area (Å²) >= 11 is 0. The zero-order chi connectivity index (χ0) is 17.2. The van der Waals surface area contributed by atoms with Gasteiger partial charge in [-0.05, 0) is 42.5 Å². The van der Waals surface area contributed by atoms with E-state index < -0.39 is 10.8 Å². The van der Waals surface area contributed by atoms with Crippen LogP contribution in [0.5, 0.6) is 0 Å². The van der Waals surface area contributed by atoms with Gasteiger partial charge in [0.25, 0.3) is 0 Å². The van der Waals surface area contributed by atoms with E-state index in [0.717, 1.165) is 5.56 Å². The molecule has 0 aliphatic heterocycles. The van der Waals surface area contributed by atoms with Crippen molar-refractivity contribution in [3.05, 3.63) is 48.2 Å². The third kappa shape index (κ3) is 4.20. The highest BCUT2D eigenvalue weighted by Crippen LogP contribution is 2.29. The van der Waals surface area contributed by atoms with Crippen LogP contribution in [0.1, 0.15) is 44.5 Å². The molecule has 124 valence electrons. The highest BCUT2D eigenvalue weighted by Gasteiger charge is 2.24. The Labute approximate surface area is 141 Å². The van der Waals surface area contributed by atoms with Gasteiger partial charge in [0.15, 0.2) is 0 Å². The van der Waals surface area contributed by atoms with Gasteiger partial charge in [-0.25, -0.2) is 4.21 Å². The number of benzene rings is 1. The Morgan fingerprint density at radius 2 is 1.78 bits per heavy atom. The standard InChI is InChI=1S/C19H25NO2S/c1-14-8-10-16(11-9-14)23(22)18-7-6-12-20(18)17(21)13-15(2)19(3,4)5/h6-12,15H,13H2,1-5H3/t15-,23?/m1/s1. The van der Waals surface area contributed by atoms with Crippen LogP contribution in [0, 0.1) is 18.3 Å². The molecule has 0 saturated carbocycles. The summed E-state index contributed by atoms with van der Waals surface area (Å²) < 4.78 is 14.3. The van der Waals surface area contributed by atoms with Gasteiger partial charge in [0.2, 0.25) is 5.91 Å². The second-order valence-electron chi connectivity index (χ2n) is 7.16. The SMILES string of the molecule is Cc1ccc(S(=O)c2cccn2C(=O)C[C@@H](C)C(C)(C)C)cc1. The molecule has 0 spiro atoms. The maximum absolute atomic E-state index is 12.8. The largest absolute Gasteiger partial charge is 0.279 e. The molecule has 0 saturated heterocycles. The van der Waals surface area contributed by atoms with E-state index in [4.69, 9.17) is 0 Å². The van der Waals surface area contributed by atoms with Gasteiger partial charge in [-0.3, -0.25) is 9.36 Å². The molecule has 3 nitrogen and oxygen atoms in total. The van der Waals surface area contributed by atoms with Gasteiger partial charge < -0.3 is 0 Å². The molecule has 23 heavy (non-hydrogen) atoms. The van der Waals surface area contributed by atoms with Crippen molar-refractivity contribution < 1.29 is 9.00 Å². The van der Waals surface area contributed by atoms with Crippen LogP contribution in [0.15, 0.2) is 52.5 Å². The zero-order valence-electron chi connectivity index (χ0n) is 14.5. The lowest BCUT2D eigenvalue weighted by Gasteiger charge is -2.26. The minimum absolute atomic E-state index is 0.00659. The summed E-state index contributed by atoms with van der Waals surface area (Å²) in [5.74, 6) is 0.242. The quantitative estimate of drug-likeness (QED) is 0.816. The number of carbonyl (C=O) groups excluding carboxylic acids is 1. The maximum atomic E-state index is 12.8. The van der Waals surface area contributed by atoms with Gasteiger partial charge in [-0.1, -0.05) is 45.4 Å². The summed E-state index contributed by atoms with van der Waals surface area (Å²) in [6.45, 7) is 10.5. The number of hydrogen-bond acceptors (Lipinski definition) is 2. The Morgan fingerprint density at radius 3 is 2.35 bits per heavy atom. The maximum Gasteiger partial charge on any atom is 0.231 e. The van der Waals surface area contributed by atoms with E-state index in [1.54, 1.807) is 18.3 Å². The van der Waals surface area contributed by atoms with Crippen molar-refractivity contribution >= 4 is 16.7 Å². The molecule has 0 radical (unpaired) electrons. The topological polar surface area (TPSA) is 39.1 Å². The van der Waals surface area contributed by atoms with Gasteiger partial charge in [-0.2, -0.15) is 0 Å². The second-order valence-corrected chi connectivity index (χ2v) is 8.59. The molecule has 0 aliphatic rings. The molecule has 0 aliphatic carbocycles. The van der Waals surface area contributed by atoms with Crippen molar-refractivity contribution in [1.29, 1.82) is 0 Å². The van der Waals surface area contributed by atoms with Gasteiger partial charge >= 0.3 is 0 Å². The van der Waals surface area contributed by atoms with Crippen LogP contribution in [-0.4, -0.2) is 14.7 Å². The zero-order valence-corrected chi connectivity index (χ0v) is 15.3. The molecule has 1 unspecified atom stereocenters. The summed E-state index contributed by atoms with van der Waals surface area (Å²) in [5.41, 5.74) is 1.19. The molecule has 4 heteroatoms. The Bertz CT molecular complexity index is 708. The minimum atomic E-state index is -1.35. The normalized spacial score (nSPS) is 14.5. The number of rotatable bonds is 4. The summed E-state index contributed by atoms with van der Waals surface area (Å²) in [7, 11) is -1.35. The number of nitrogens with zero attached hydrogens (tertiary/aromatic N) is 1. The van der Waals surface area contributed by atoms with E-state index in [0.29, 0.717) is 16.3 Å². The third-order valence-corrected chi connectivity index (χ3v) is 5.78. The van der Waals surface area contributed by atoms with E-state index in [1.165, 1.54) is 4.57 Å². The molecular formula is C19H25NO2S. The molecule has 0 bridgehead atoms. The van der Waals surface area contributed by atoms with Gasteiger partial charge in [-0.15, -0.1) is 0 Å². The first-order chi connectivity index (χ1) is 10.7. The summed E-state index contributed by atoms with van der Waals surface area (Å²) in [5, 5.41) is 0.542. The molecule has 2 atom stereocenters. The van der Waals surface area contributed by atoms with E-state index in [2.05, 4.69) is 27.7 Å². The van der Waals surface area contributed by atoms with Crippen molar-refractivity contribution in [1.82, 2.24) is 4.57 Å². The Kier molecular flexibility index (Phi) is 5.25. The molecular weight excluding hydrogens is 306 g/mol. The molecule has 0 fully saturated rings. The average molecular weight is 331 g/mol. The fourth-order valence-corrected chi connectivity index (χ4v) is 3.34. The first-order valence-electron chi connectivity index (χ1n) is 7.89. The summed E-state index contributed by atoms with van der Waals surface area (Å²) in [6.07, 6.45) is 2.15. The van der Waals surface area contributed by atoms with Crippen LogP contribution in [0.25, 0.3) is 0 Å². The summed E-state index contributed by atoms with van der Waals surface area (Å²) in [6, 6.07) is 11.1. The van der Waals surface area contributed by atoms with Crippen molar-refractivity contribution in [2.24, 2.45) is 11.3 Å². The Balaban J connectivity index is 2.24. The monoisotopic (exact) mass is 331 g/mol. The van der Waals surface area contributed by atoms with Crippen LogP contribution in [0.4, 0.5) is 0 Å². The van der Waals surface area contributed by atoms with Crippen LogP contribution in [0.3, 0.4) is 0 Å². The fourth-order valence-electron chi connectivity index (χ4n) is 2.17. The number of aryl methyl sites for hydroxylation is 1. The highest BCUT2D eigenvalue weighted by molar-refractivity contribution is 7.85. The molecule has 0 N–H and O–H groups in total. The summed E-state index contributed by atoms with van der Waals surface area (Å²) in [4.78, 5) is 13.3. The van der Waals surface area contributed by atoms with Gasteiger partial charge in [0.05, 0.1) is 0 Å². The van der Waals surface area contributed by atoms with E-state index in [9.17, 15) is 9.00 Å². The van der Waals surface area contributed by atoms with Crippen LogP contribution >= 0.6 is 0 Å². The van der Waals surface area contributed by atoms with Crippen molar-refractivity contribution in [2.45, 2.75) is 51.0 Å². The van der Waals surface area contributed by atoms with Crippen molar-refractivity contribution in [3.63, 3.8) is 0 Å². The lowest BCUT2D eigenvalue weighted by molar-refractivity contribution is 0.0834. The van der Waals surface area contributed by atoms with Crippen LogP contribution in [0.2, 0.25) is 0 Å². The predicted octanol–water partition coefficient (Wildman–Crippen LogP) is 4.68. The van der Waals surface area contributed by atoms with Crippen molar-refractivity contribution in [3.8, 4) is 0 Å². The second kappa shape index (κ2) is 6.83. The lowest BCUT2D eigenvalue weighted by atomic mass is 9.80. The first kappa shape index (κ1) is 17.7. The molecule has 1 aromatic carbocycles. The number of carbonyl (C=O) groups is 1. The minimum Gasteiger partial charge on any atom is -0.279 e. The number of hydrogen-bond donors (Lipinski definition) is 0. The fraction of sp³-hybridized carbons (Fsp3) is 0.421. The smallest absolute Gasteiger partial charge is 0.231 e. The molecule has 2 rings (SSSR count). The van der Waals surface area contributed by atoms with Crippen LogP contribution in [-0.2, 0) is 10.8 Å². The van der Waals surface area contributed by atoms with E-state index >= 15 is 0 Å². The highest BCUT2D eigenvalue weighted by atomic mass is 32.2. The molecule has 0 amide bonds. The van der Waals surface area contributed by atoms with Crippen molar-refractivity contribution in [2.75, 3.05) is 0 Å². The average Bonchev–Trinajstić information content (AvgIpc) is 2.95. The first-order valence-corrected chi connectivity index (χ1v) is 9.04. The number of aromatic nitrogens is 1. The van der Waals surface area contributed by atoms with Gasteiger partial charge in [0, 0.05) is 17.5 Å².